The van der Waals surface area contributed by atoms with E-state index in [0.29, 0.717) is 0 Å². The maximum absolute atomic E-state index is 4.92. The molecule has 0 aromatic rings. The van der Waals surface area contributed by atoms with Crippen LogP contribution in [0.15, 0.2) is 4.99 Å². The highest BCUT2D eigenvalue weighted by molar-refractivity contribution is 8.00. The Morgan fingerprint density at radius 3 is 3.00 bits per heavy atom. The van der Waals surface area contributed by atoms with Crippen LogP contribution >= 0.6 is 11.8 Å². The Balaban J connectivity index is 2.37. The monoisotopic (exact) mass is 131 g/mol. The van der Waals surface area contributed by atoms with Crippen LogP contribution in [0.5, 0.6) is 0 Å². The van der Waals surface area contributed by atoms with E-state index in [1.165, 1.54) is 0 Å². The molecule has 0 aromatic heterocycles. The summed E-state index contributed by atoms with van der Waals surface area (Å²) in [6, 6.07) is 0. The smallest absolute Gasteiger partial charge is 0.193 e. The van der Waals surface area contributed by atoms with Gasteiger partial charge in [0.2, 0.25) is 0 Å². The van der Waals surface area contributed by atoms with Crippen molar-refractivity contribution in [2.45, 2.75) is 0 Å². The summed E-state index contributed by atoms with van der Waals surface area (Å²) >= 11 is 1.87. The molecule has 0 atom stereocenters. The van der Waals surface area contributed by atoms with Gasteiger partial charge in [0, 0.05) is 5.75 Å². The van der Waals surface area contributed by atoms with Crippen molar-refractivity contribution in [3.05, 3.63) is 0 Å². The Labute approximate surface area is 53.3 Å². The normalized spacial score (nSPS) is 19.9. The van der Waals surface area contributed by atoms with Crippen LogP contribution < -0.4 is 0 Å². The van der Waals surface area contributed by atoms with Crippen LogP contribution in [-0.2, 0) is 4.74 Å². The Hall–Kier alpha value is -0.180. The highest BCUT2D eigenvalue weighted by atomic mass is 32.2. The largest absolute Gasteiger partial charge is 0.484 e. The number of thioether (sulfide) groups is 1. The Bertz CT molecular complexity index is 103. The van der Waals surface area contributed by atoms with Crippen LogP contribution in [0.2, 0.25) is 0 Å². The van der Waals surface area contributed by atoms with Crippen molar-refractivity contribution in [2.24, 2.45) is 4.99 Å². The van der Waals surface area contributed by atoms with Gasteiger partial charge < -0.3 is 4.74 Å². The zero-order chi connectivity index (χ0) is 5.82. The molecule has 0 aliphatic carbocycles. The zero-order valence-electron chi connectivity index (χ0n) is 4.89. The van der Waals surface area contributed by atoms with Gasteiger partial charge in [-0.1, -0.05) is 0 Å². The van der Waals surface area contributed by atoms with Crippen molar-refractivity contribution >= 4 is 17.7 Å². The Morgan fingerprint density at radius 1 is 1.75 bits per heavy atom. The summed E-state index contributed by atoms with van der Waals surface area (Å²) in [7, 11) is 1.67. The Kier molecular flexibility index (Phi) is 2.21. The molecule has 0 saturated heterocycles. The van der Waals surface area contributed by atoms with E-state index in [0.717, 1.165) is 23.9 Å². The first-order valence-electron chi connectivity index (χ1n) is 2.58. The molecule has 0 amide bonds. The molecule has 0 fully saturated rings. The molecule has 0 unspecified atom stereocenters. The number of nitrogens with zero attached hydrogens (tertiary/aromatic N) is 1. The van der Waals surface area contributed by atoms with Crippen molar-refractivity contribution in [2.75, 3.05) is 25.2 Å². The van der Waals surface area contributed by atoms with E-state index in [9.17, 15) is 0 Å². The van der Waals surface area contributed by atoms with Gasteiger partial charge in [-0.2, -0.15) is 11.8 Å². The summed E-state index contributed by atoms with van der Waals surface area (Å²) in [5.74, 6) is 2.99. The lowest BCUT2D eigenvalue weighted by Crippen LogP contribution is -2.11. The second-order valence-electron chi connectivity index (χ2n) is 1.53. The third-order valence-electron chi connectivity index (χ3n) is 0.985. The number of hydrogen-bond acceptors (Lipinski definition) is 3. The molecular weight excluding hydrogens is 122 g/mol. The highest BCUT2D eigenvalue weighted by Gasteiger charge is 2.02. The minimum Gasteiger partial charge on any atom is -0.484 e. The summed E-state index contributed by atoms with van der Waals surface area (Å²) in [5, 5.41) is 0. The predicted molar refractivity (Wildman–Crippen MR) is 36.6 cm³/mol. The molecule has 0 aromatic carbocycles. The topological polar surface area (TPSA) is 21.6 Å². The van der Waals surface area contributed by atoms with E-state index in [2.05, 4.69) is 4.99 Å². The Morgan fingerprint density at radius 2 is 2.62 bits per heavy atom. The van der Waals surface area contributed by atoms with Gasteiger partial charge in [-0.05, 0) is 0 Å². The van der Waals surface area contributed by atoms with E-state index >= 15 is 0 Å². The second-order valence-corrected chi connectivity index (χ2v) is 2.64. The van der Waals surface area contributed by atoms with E-state index in [1.807, 2.05) is 11.8 Å². The standard InChI is InChI=1S/C5H9NOS/c1-7-5-4-8-3-2-6-5/h2-4H2,1H3. The summed E-state index contributed by atoms with van der Waals surface area (Å²) < 4.78 is 4.92. The molecule has 1 aliphatic heterocycles. The number of aliphatic imine (C=N–C) groups is 1. The summed E-state index contributed by atoms with van der Waals surface area (Å²) in [4.78, 5) is 4.12. The summed E-state index contributed by atoms with van der Waals surface area (Å²) in [5.41, 5.74) is 0. The van der Waals surface area contributed by atoms with Crippen molar-refractivity contribution < 1.29 is 4.74 Å². The SMILES string of the molecule is COC1=NCCSC1. The van der Waals surface area contributed by atoms with E-state index in [4.69, 9.17) is 4.74 Å². The number of methoxy groups -OCH3 is 1. The van der Waals surface area contributed by atoms with E-state index in [-0.39, 0.29) is 0 Å². The van der Waals surface area contributed by atoms with E-state index in [1.54, 1.807) is 7.11 Å². The van der Waals surface area contributed by atoms with Crippen LogP contribution in [-0.4, -0.2) is 31.1 Å². The number of ether oxygens (including phenoxy) is 1. The molecule has 2 nitrogen and oxygen atoms in total. The van der Waals surface area contributed by atoms with Gasteiger partial charge in [0.1, 0.15) is 0 Å². The maximum atomic E-state index is 4.92. The van der Waals surface area contributed by atoms with Gasteiger partial charge >= 0.3 is 0 Å². The quantitative estimate of drug-likeness (QED) is 0.484. The highest BCUT2D eigenvalue weighted by Crippen LogP contribution is 2.06. The van der Waals surface area contributed by atoms with Crippen LogP contribution in [0.4, 0.5) is 0 Å². The molecule has 0 N–H and O–H groups in total. The molecule has 8 heavy (non-hydrogen) atoms. The minimum atomic E-state index is 0.890. The van der Waals surface area contributed by atoms with Crippen molar-refractivity contribution in [3.63, 3.8) is 0 Å². The van der Waals surface area contributed by atoms with Gasteiger partial charge in [0.05, 0.1) is 19.4 Å². The maximum Gasteiger partial charge on any atom is 0.193 e. The predicted octanol–water partition coefficient (Wildman–Crippen LogP) is 0.778. The number of rotatable bonds is 0. The second kappa shape index (κ2) is 2.97. The third kappa shape index (κ3) is 1.40. The molecule has 3 heteroatoms. The third-order valence-corrected chi connectivity index (χ3v) is 1.91. The average molecular weight is 131 g/mol. The van der Waals surface area contributed by atoms with Crippen LogP contribution in [0, 0.1) is 0 Å². The first-order chi connectivity index (χ1) is 3.93. The lowest BCUT2D eigenvalue weighted by Gasteiger charge is -2.08. The molecule has 1 rings (SSSR count). The lowest BCUT2D eigenvalue weighted by molar-refractivity contribution is 0.398. The first kappa shape index (κ1) is 5.95. The fraction of sp³-hybridized carbons (Fsp3) is 0.800. The molecule has 1 heterocycles. The van der Waals surface area contributed by atoms with Gasteiger partial charge in [0.25, 0.3) is 0 Å². The van der Waals surface area contributed by atoms with Gasteiger partial charge in [-0.25, -0.2) is 0 Å². The van der Waals surface area contributed by atoms with Crippen LogP contribution in [0.3, 0.4) is 0 Å². The van der Waals surface area contributed by atoms with Crippen LogP contribution in [0.1, 0.15) is 0 Å². The molecule has 0 spiro atoms. The molecule has 0 saturated carbocycles. The molecule has 46 valence electrons. The van der Waals surface area contributed by atoms with Crippen molar-refractivity contribution in [1.82, 2.24) is 0 Å². The van der Waals surface area contributed by atoms with Crippen molar-refractivity contribution in [3.8, 4) is 0 Å². The van der Waals surface area contributed by atoms with Gasteiger partial charge in [-0.3, -0.25) is 4.99 Å². The average Bonchev–Trinajstić information content (AvgIpc) is 1.90. The summed E-state index contributed by atoms with van der Waals surface area (Å²) in [6.07, 6.45) is 0. The summed E-state index contributed by atoms with van der Waals surface area (Å²) in [6.45, 7) is 0.924. The lowest BCUT2D eigenvalue weighted by atomic mass is 10.7. The fourth-order valence-corrected chi connectivity index (χ4v) is 1.31. The minimum absolute atomic E-state index is 0.890. The molecule has 0 bridgehead atoms. The number of hydrogen-bond donors (Lipinski definition) is 0. The van der Waals surface area contributed by atoms with Gasteiger partial charge in [-0.15, -0.1) is 0 Å². The fourth-order valence-electron chi connectivity index (χ4n) is 0.563. The van der Waals surface area contributed by atoms with E-state index < -0.39 is 0 Å². The van der Waals surface area contributed by atoms with Crippen LogP contribution in [0.25, 0.3) is 0 Å². The molecular formula is C5H9NOS. The first-order valence-corrected chi connectivity index (χ1v) is 3.74. The van der Waals surface area contributed by atoms with Crippen molar-refractivity contribution in [1.29, 1.82) is 0 Å². The molecule has 1 aliphatic rings. The molecule has 0 radical (unpaired) electrons. The zero-order valence-corrected chi connectivity index (χ0v) is 5.70. The van der Waals surface area contributed by atoms with Gasteiger partial charge in [0.15, 0.2) is 5.90 Å².